The Kier molecular flexibility index (Phi) is 4.54. The van der Waals surface area contributed by atoms with Crippen LogP contribution in [0.25, 0.3) is 11.2 Å². The first kappa shape index (κ1) is 16.6. The number of rotatable bonds is 5. The van der Waals surface area contributed by atoms with E-state index >= 15 is 0 Å². The molecule has 10 nitrogen and oxygen atoms in total. The van der Waals surface area contributed by atoms with Gasteiger partial charge < -0.3 is 25.0 Å². The molecule has 1 aliphatic rings. The molecule has 1 fully saturated rings. The zero-order valence-electron chi connectivity index (χ0n) is 11.9. The van der Waals surface area contributed by atoms with Crippen LogP contribution in [-0.4, -0.2) is 48.4 Å². The summed E-state index contributed by atoms with van der Waals surface area (Å²) in [4.78, 5) is 29.6. The standard InChI is InChI=1S/C11H15ClN5O5P/c12-11-15-9(13)8-10(16-11)17(4-14-8)7-2-1-6(22-7)3-21-5-23(18,19)20/h4,6-7H,1-3,5H2,(H2,13,15,16)(H2,18,19,20). The SMILES string of the molecule is Nc1nc(Cl)nc2c1ncn2C1CCC(COCP(=O)(O)O)O1. The van der Waals surface area contributed by atoms with Crippen molar-refractivity contribution in [2.24, 2.45) is 0 Å². The second kappa shape index (κ2) is 6.31. The van der Waals surface area contributed by atoms with Gasteiger partial charge in [-0.3, -0.25) is 9.13 Å². The number of nitrogen functional groups attached to an aromatic ring is 1. The summed E-state index contributed by atoms with van der Waals surface area (Å²) in [6.45, 7) is 0.103. The van der Waals surface area contributed by atoms with Gasteiger partial charge in [-0.2, -0.15) is 9.97 Å². The van der Waals surface area contributed by atoms with E-state index in [9.17, 15) is 4.57 Å². The van der Waals surface area contributed by atoms with E-state index in [2.05, 4.69) is 15.0 Å². The lowest BCUT2D eigenvalue weighted by molar-refractivity contribution is -0.0344. The molecule has 0 amide bonds. The molecule has 3 rings (SSSR count). The quantitative estimate of drug-likeness (QED) is 0.520. The van der Waals surface area contributed by atoms with Crippen LogP contribution in [0.2, 0.25) is 5.28 Å². The maximum Gasteiger partial charge on any atom is 0.350 e. The van der Waals surface area contributed by atoms with Crippen molar-refractivity contribution >= 4 is 36.2 Å². The highest BCUT2D eigenvalue weighted by atomic mass is 35.5. The normalized spacial score (nSPS) is 22.0. The number of hydrogen-bond acceptors (Lipinski definition) is 7. The number of halogens is 1. The predicted molar refractivity (Wildman–Crippen MR) is 80.8 cm³/mol. The minimum absolute atomic E-state index is 0.0243. The first-order valence-electron chi connectivity index (χ1n) is 6.77. The molecule has 4 N–H and O–H groups in total. The van der Waals surface area contributed by atoms with Crippen molar-refractivity contribution in [3.8, 4) is 0 Å². The van der Waals surface area contributed by atoms with Crippen molar-refractivity contribution in [3.63, 3.8) is 0 Å². The number of nitrogens with zero attached hydrogens (tertiary/aromatic N) is 4. The molecule has 0 radical (unpaired) electrons. The molecule has 0 bridgehead atoms. The van der Waals surface area contributed by atoms with Crippen molar-refractivity contribution in [1.82, 2.24) is 19.5 Å². The molecule has 2 unspecified atom stereocenters. The Labute approximate surface area is 135 Å². The summed E-state index contributed by atoms with van der Waals surface area (Å²) in [5.41, 5.74) is 6.68. The minimum Gasteiger partial charge on any atom is -0.382 e. The Morgan fingerprint density at radius 3 is 3.00 bits per heavy atom. The van der Waals surface area contributed by atoms with Crippen molar-refractivity contribution in [2.45, 2.75) is 25.2 Å². The van der Waals surface area contributed by atoms with Crippen LogP contribution in [0.5, 0.6) is 0 Å². The highest BCUT2D eigenvalue weighted by Crippen LogP contribution is 2.35. The monoisotopic (exact) mass is 363 g/mol. The molecule has 12 heteroatoms. The average Bonchev–Trinajstić information content (AvgIpc) is 3.03. The molecule has 1 aliphatic heterocycles. The maximum absolute atomic E-state index is 10.7. The van der Waals surface area contributed by atoms with Gasteiger partial charge in [0.25, 0.3) is 0 Å². The lowest BCUT2D eigenvalue weighted by atomic mass is 10.2. The molecule has 2 aromatic rings. The van der Waals surface area contributed by atoms with Gasteiger partial charge in [-0.15, -0.1) is 0 Å². The first-order chi connectivity index (χ1) is 10.8. The van der Waals surface area contributed by atoms with Crippen LogP contribution < -0.4 is 5.73 Å². The van der Waals surface area contributed by atoms with Crippen LogP contribution in [0.3, 0.4) is 0 Å². The summed E-state index contributed by atoms with van der Waals surface area (Å²) in [7, 11) is -4.17. The molecule has 126 valence electrons. The Morgan fingerprint density at radius 1 is 1.48 bits per heavy atom. The van der Waals surface area contributed by atoms with Crippen molar-refractivity contribution in [2.75, 3.05) is 18.7 Å². The third kappa shape index (κ3) is 3.79. The van der Waals surface area contributed by atoms with Crippen LogP contribution in [0.15, 0.2) is 6.33 Å². The zero-order valence-corrected chi connectivity index (χ0v) is 13.5. The summed E-state index contributed by atoms with van der Waals surface area (Å²) in [6.07, 6.45) is 1.70. The highest BCUT2D eigenvalue weighted by molar-refractivity contribution is 7.51. The largest absolute Gasteiger partial charge is 0.382 e. The van der Waals surface area contributed by atoms with Gasteiger partial charge in [0.05, 0.1) is 19.0 Å². The minimum atomic E-state index is -4.17. The topological polar surface area (TPSA) is 146 Å². The lowest BCUT2D eigenvalue weighted by Crippen LogP contribution is -2.17. The second-order valence-electron chi connectivity index (χ2n) is 5.16. The van der Waals surface area contributed by atoms with Crippen LogP contribution in [-0.2, 0) is 14.0 Å². The van der Waals surface area contributed by atoms with Crippen LogP contribution in [0, 0.1) is 0 Å². The smallest absolute Gasteiger partial charge is 0.350 e. The molecule has 23 heavy (non-hydrogen) atoms. The van der Waals surface area contributed by atoms with E-state index in [1.807, 2.05) is 0 Å². The molecular formula is C11H15ClN5O5P. The van der Waals surface area contributed by atoms with Crippen LogP contribution in [0.1, 0.15) is 19.1 Å². The first-order valence-corrected chi connectivity index (χ1v) is 8.94. The number of ether oxygens (including phenoxy) is 2. The van der Waals surface area contributed by atoms with E-state index in [-0.39, 0.29) is 30.0 Å². The second-order valence-corrected chi connectivity index (χ2v) is 7.08. The van der Waals surface area contributed by atoms with Gasteiger partial charge in [-0.05, 0) is 24.4 Å². The number of fused-ring (bicyclic) bond motifs is 1. The number of imidazole rings is 1. The number of hydrogen-bond donors (Lipinski definition) is 3. The summed E-state index contributed by atoms with van der Waals surface area (Å²) >= 11 is 5.82. The molecule has 2 atom stereocenters. The average molecular weight is 364 g/mol. The molecule has 0 saturated carbocycles. The van der Waals surface area contributed by atoms with Gasteiger partial charge in [-0.25, -0.2) is 4.98 Å². The van der Waals surface area contributed by atoms with E-state index in [0.29, 0.717) is 24.0 Å². The van der Waals surface area contributed by atoms with Crippen molar-refractivity contribution < 1.29 is 23.8 Å². The third-order valence-electron chi connectivity index (χ3n) is 3.38. The molecule has 0 spiro atoms. The van der Waals surface area contributed by atoms with Gasteiger partial charge in [0.15, 0.2) is 11.5 Å². The highest BCUT2D eigenvalue weighted by Gasteiger charge is 2.29. The number of nitrogens with two attached hydrogens (primary N) is 1. The van der Waals surface area contributed by atoms with E-state index in [4.69, 9.17) is 36.6 Å². The Bertz CT molecular complexity index is 765. The Balaban J connectivity index is 1.69. The van der Waals surface area contributed by atoms with E-state index < -0.39 is 13.9 Å². The molecular weight excluding hydrogens is 349 g/mol. The third-order valence-corrected chi connectivity index (χ3v) is 4.07. The fraction of sp³-hybridized carbons (Fsp3) is 0.545. The molecule has 0 aromatic carbocycles. The molecule has 1 saturated heterocycles. The van der Waals surface area contributed by atoms with Gasteiger partial charge in [0, 0.05) is 0 Å². The van der Waals surface area contributed by atoms with Crippen molar-refractivity contribution in [3.05, 3.63) is 11.6 Å². The lowest BCUT2D eigenvalue weighted by Gasteiger charge is -2.15. The van der Waals surface area contributed by atoms with E-state index in [1.54, 1.807) is 10.9 Å². The van der Waals surface area contributed by atoms with E-state index in [0.717, 1.165) is 0 Å². The summed E-state index contributed by atoms with van der Waals surface area (Å²) in [5, 5.41) is 0.0243. The summed E-state index contributed by atoms with van der Waals surface area (Å²) in [5.74, 6) is 0.193. The maximum atomic E-state index is 10.7. The Morgan fingerprint density at radius 2 is 2.26 bits per heavy atom. The van der Waals surface area contributed by atoms with Gasteiger partial charge in [-0.1, -0.05) is 0 Å². The van der Waals surface area contributed by atoms with Crippen LogP contribution in [0.4, 0.5) is 5.82 Å². The van der Waals surface area contributed by atoms with Gasteiger partial charge in [0.2, 0.25) is 5.28 Å². The zero-order chi connectivity index (χ0) is 16.6. The summed E-state index contributed by atoms with van der Waals surface area (Å²) in [6, 6.07) is 0. The molecule has 0 aliphatic carbocycles. The molecule has 2 aromatic heterocycles. The summed E-state index contributed by atoms with van der Waals surface area (Å²) < 4.78 is 23.3. The van der Waals surface area contributed by atoms with Crippen molar-refractivity contribution in [1.29, 1.82) is 0 Å². The van der Waals surface area contributed by atoms with Gasteiger partial charge in [0.1, 0.15) is 18.1 Å². The van der Waals surface area contributed by atoms with Gasteiger partial charge >= 0.3 is 7.60 Å². The predicted octanol–water partition coefficient (Wildman–Crippen LogP) is 0.891. The number of aromatic nitrogens is 4. The van der Waals surface area contributed by atoms with Crippen LogP contribution >= 0.6 is 19.2 Å². The fourth-order valence-corrected chi connectivity index (χ4v) is 2.95. The Hall–Kier alpha value is -1.29. The molecule has 3 heterocycles. The van der Waals surface area contributed by atoms with E-state index in [1.165, 1.54) is 0 Å². The number of anilines is 1. The fourth-order valence-electron chi connectivity index (χ4n) is 2.44.